The van der Waals surface area contributed by atoms with Crippen LogP contribution >= 0.6 is 0 Å². The number of hydrogen-bond donors (Lipinski definition) is 1. The summed E-state index contributed by atoms with van der Waals surface area (Å²) in [6.45, 7) is 3.46. The molecule has 1 rings (SSSR count). The van der Waals surface area contributed by atoms with Crippen LogP contribution in [0.2, 0.25) is 0 Å². The second kappa shape index (κ2) is 8.97. The zero-order chi connectivity index (χ0) is 11.6. The third kappa shape index (κ3) is 5.28. The molecular formula is C13H27NO2. The van der Waals surface area contributed by atoms with Crippen LogP contribution < -0.4 is 5.73 Å². The Balaban J connectivity index is 2.02. The Bertz CT molecular complexity index is 164. The quantitative estimate of drug-likeness (QED) is 0.649. The molecule has 0 saturated heterocycles. The van der Waals surface area contributed by atoms with E-state index < -0.39 is 0 Å². The number of unbranched alkanes of at least 4 members (excludes halogenated alkanes) is 1. The highest BCUT2D eigenvalue weighted by molar-refractivity contribution is 4.75. The van der Waals surface area contributed by atoms with Crippen LogP contribution in [0, 0.1) is 11.8 Å². The van der Waals surface area contributed by atoms with Crippen LogP contribution in [0.5, 0.6) is 0 Å². The van der Waals surface area contributed by atoms with Crippen LogP contribution in [0.25, 0.3) is 0 Å². The van der Waals surface area contributed by atoms with E-state index in [2.05, 4.69) is 0 Å². The Morgan fingerprint density at radius 1 is 1.06 bits per heavy atom. The van der Waals surface area contributed by atoms with Crippen LogP contribution in [0.15, 0.2) is 0 Å². The normalized spacial score (nSPS) is 25.9. The predicted molar refractivity (Wildman–Crippen MR) is 66.4 cm³/mol. The standard InChI is InChI=1S/C13H27NO2/c1-15-8-4-5-9-16-11-13-7-3-2-6-12(13)10-14/h12-13H,2-11,14H2,1H3. The molecule has 2 N–H and O–H groups in total. The van der Waals surface area contributed by atoms with Crippen LogP contribution in [-0.4, -0.2) is 33.5 Å². The van der Waals surface area contributed by atoms with Gasteiger partial charge in [-0.1, -0.05) is 12.8 Å². The van der Waals surface area contributed by atoms with E-state index in [-0.39, 0.29) is 0 Å². The monoisotopic (exact) mass is 229 g/mol. The van der Waals surface area contributed by atoms with Gasteiger partial charge in [0.15, 0.2) is 0 Å². The van der Waals surface area contributed by atoms with E-state index in [1.54, 1.807) is 7.11 Å². The highest BCUT2D eigenvalue weighted by Gasteiger charge is 2.23. The van der Waals surface area contributed by atoms with Gasteiger partial charge in [-0.15, -0.1) is 0 Å². The van der Waals surface area contributed by atoms with Crippen molar-refractivity contribution in [1.82, 2.24) is 0 Å². The number of rotatable bonds is 8. The molecule has 1 fully saturated rings. The first-order valence-corrected chi connectivity index (χ1v) is 6.65. The molecule has 1 aliphatic rings. The van der Waals surface area contributed by atoms with Gasteiger partial charge >= 0.3 is 0 Å². The summed E-state index contributed by atoms with van der Waals surface area (Å²) in [6, 6.07) is 0. The Hall–Kier alpha value is -0.120. The van der Waals surface area contributed by atoms with Crippen LogP contribution in [0.4, 0.5) is 0 Å². The molecule has 1 saturated carbocycles. The SMILES string of the molecule is COCCCCOCC1CCCCC1CN. The largest absolute Gasteiger partial charge is 0.385 e. The van der Waals surface area contributed by atoms with Gasteiger partial charge in [0.05, 0.1) is 0 Å². The van der Waals surface area contributed by atoms with Crippen LogP contribution in [0.1, 0.15) is 38.5 Å². The third-order valence-corrected chi connectivity index (χ3v) is 3.59. The average molecular weight is 229 g/mol. The summed E-state index contributed by atoms with van der Waals surface area (Å²) in [5.74, 6) is 1.41. The Labute approximate surface area is 99.7 Å². The van der Waals surface area contributed by atoms with Gasteiger partial charge in [0, 0.05) is 26.9 Å². The maximum Gasteiger partial charge on any atom is 0.0497 e. The minimum atomic E-state index is 0.702. The van der Waals surface area contributed by atoms with E-state index in [4.69, 9.17) is 15.2 Å². The summed E-state index contributed by atoms with van der Waals surface area (Å²) in [6.07, 6.45) is 7.52. The van der Waals surface area contributed by atoms with Crippen LogP contribution in [-0.2, 0) is 9.47 Å². The maximum absolute atomic E-state index is 5.79. The number of hydrogen-bond acceptors (Lipinski definition) is 3. The molecule has 2 unspecified atom stereocenters. The molecule has 0 amide bonds. The number of ether oxygens (including phenoxy) is 2. The van der Waals surface area contributed by atoms with Crippen molar-refractivity contribution in [3.63, 3.8) is 0 Å². The van der Waals surface area contributed by atoms with E-state index in [0.717, 1.165) is 39.2 Å². The minimum absolute atomic E-state index is 0.702. The second-order valence-corrected chi connectivity index (χ2v) is 4.82. The van der Waals surface area contributed by atoms with E-state index in [9.17, 15) is 0 Å². The first-order valence-electron chi connectivity index (χ1n) is 6.65. The van der Waals surface area contributed by atoms with Gasteiger partial charge in [-0.05, 0) is 44.1 Å². The van der Waals surface area contributed by atoms with Crippen molar-refractivity contribution < 1.29 is 9.47 Å². The molecule has 0 aromatic heterocycles. The van der Waals surface area contributed by atoms with Gasteiger partial charge in [0.25, 0.3) is 0 Å². The van der Waals surface area contributed by atoms with E-state index in [1.165, 1.54) is 25.7 Å². The summed E-state index contributed by atoms with van der Waals surface area (Å²) in [5, 5.41) is 0. The molecule has 0 aromatic rings. The fraction of sp³-hybridized carbons (Fsp3) is 1.00. The lowest BCUT2D eigenvalue weighted by molar-refractivity contribution is 0.0560. The molecule has 0 bridgehead atoms. The summed E-state index contributed by atoms with van der Waals surface area (Å²) < 4.78 is 10.7. The van der Waals surface area contributed by atoms with Gasteiger partial charge in [-0.25, -0.2) is 0 Å². The lowest BCUT2D eigenvalue weighted by atomic mass is 9.80. The Morgan fingerprint density at radius 3 is 2.44 bits per heavy atom. The van der Waals surface area contributed by atoms with Crippen molar-refractivity contribution in [3.8, 4) is 0 Å². The van der Waals surface area contributed by atoms with Crippen molar-refractivity contribution in [2.45, 2.75) is 38.5 Å². The second-order valence-electron chi connectivity index (χ2n) is 4.82. The molecule has 2 atom stereocenters. The Kier molecular flexibility index (Phi) is 7.81. The molecule has 16 heavy (non-hydrogen) atoms. The lowest BCUT2D eigenvalue weighted by Crippen LogP contribution is -2.30. The molecule has 0 heterocycles. The van der Waals surface area contributed by atoms with Gasteiger partial charge in [-0.2, -0.15) is 0 Å². The molecule has 0 spiro atoms. The van der Waals surface area contributed by atoms with Crippen molar-refractivity contribution >= 4 is 0 Å². The molecule has 0 aliphatic heterocycles. The third-order valence-electron chi connectivity index (χ3n) is 3.59. The smallest absolute Gasteiger partial charge is 0.0497 e. The van der Waals surface area contributed by atoms with Crippen molar-refractivity contribution in [2.24, 2.45) is 17.6 Å². The predicted octanol–water partition coefficient (Wildman–Crippen LogP) is 2.19. The molecule has 3 heteroatoms. The first-order chi connectivity index (χ1) is 7.88. The molecule has 0 radical (unpaired) electrons. The van der Waals surface area contributed by atoms with E-state index >= 15 is 0 Å². The van der Waals surface area contributed by atoms with Crippen molar-refractivity contribution in [3.05, 3.63) is 0 Å². The van der Waals surface area contributed by atoms with Gasteiger partial charge < -0.3 is 15.2 Å². The molecular weight excluding hydrogens is 202 g/mol. The topological polar surface area (TPSA) is 44.5 Å². The van der Waals surface area contributed by atoms with Crippen molar-refractivity contribution in [1.29, 1.82) is 0 Å². The molecule has 1 aliphatic carbocycles. The van der Waals surface area contributed by atoms with Crippen molar-refractivity contribution in [2.75, 3.05) is 33.5 Å². The highest BCUT2D eigenvalue weighted by Crippen LogP contribution is 2.29. The first kappa shape index (κ1) is 13.9. The Morgan fingerprint density at radius 2 is 1.75 bits per heavy atom. The van der Waals surface area contributed by atoms with Gasteiger partial charge in [0.1, 0.15) is 0 Å². The number of methoxy groups -OCH3 is 1. The zero-order valence-corrected chi connectivity index (χ0v) is 10.6. The molecule has 96 valence electrons. The summed E-state index contributed by atoms with van der Waals surface area (Å²) in [7, 11) is 1.74. The fourth-order valence-electron chi connectivity index (χ4n) is 2.50. The summed E-state index contributed by atoms with van der Waals surface area (Å²) in [4.78, 5) is 0. The van der Waals surface area contributed by atoms with Gasteiger partial charge in [0.2, 0.25) is 0 Å². The average Bonchev–Trinajstić information content (AvgIpc) is 2.34. The molecule has 3 nitrogen and oxygen atoms in total. The van der Waals surface area contributed by atoms with E-state index in [0.29, 0.717) is 11.8 Å². The highest BCUT2D eigenvalue weighted by atomic mass is 16.5. The van der Waals surface area contributed by atoms with Crippen LogP contribution in [0.3, 0.4) is 0 Å². The zero-order valence-electron chi connectivity index (χ0n) is 10.6. The molecule has 0 aromatic carbocycles. The van der Waals surface area contributed by atoms with Gasteiger partial charge in [-0.3, -0.25) is 0 Å². The maximum atomic E-state index is 5.79. The lowest BCUT2D eigenvalue weighted by Gasteiger charge is -2.30. The van der Waals surface area contributed by atoms with E-state index in [1.807, 2.05) is 0 Å². The summed E-state index contributed by atoms with van der Waals surface area (Å²) >= 11 is 0. The fourth-order valence-corrected chi connectivity index (χ4v) is 2.50. The minimum Gasteiger partial charge on any atom is -0.385 e. The number of nitrogens with two attached hydrogens (primary N) is 1. The summed E-state index contributed by atoms with van der Waals surface area (Å²) in [5.41, 5.74) is 5.79.